The van der Waals surface area contributed by atoms with Gasteiger partial charge in [-0.2, -0.15) is 11.6 Å². The molecule has 0 atom stereocenters. The molecule has 0 aliphatic heterocycles. The molecule has 0 amide bonds. The molecular formula is C26H32Cl2HfSi-2. The molecule has 160 valence electrons. The predicted molar refractivity (Wildman–Crippen MR) is 135 cm³/mol. The first-order valence-corrected chi connectivity index (χ1v) is 27.4. The van der Waals surface area contributed by atoms with Crippen LogP contribution < -0.4 is 0 Å². The third-order valence-corrected chi connectivity index (χ3v) is 32.7. The van der Waals surface area contributed by atoms with Gasteiger partial charge in [-0.3, -0.25) is 6.08 Å². The summed E-state index contributed by atoms with van der Waals surface area (Å²) in [6, 6.07) is 17.6. The zero-order chi connectivity index (χ0) is 22.1. The Hall–Kier alpha value is -0.543. The van der Waals surface area contributed by atoms with Gasteiger partial charge in [0, 0.05) is 0 Å². The monoisotopic (exact) mass is 622 g/mol. The molecule has 0 spiro atoms. The smallest absolute Gasteiger partial charge is 0.0410 e. The first kappa shape index (κ1) is 25.7. The van der Waals surface area contributed by atoms with Crippen LogP contribution in [-0.4, -0.2) is 5.49 Å². The van der Waals surface area contributed by atoms with Crippen molar-refractivity contribution in [3.05, 3.63) is 82.4 Å². The maximum Gasteiger partial charge on any atom is -0.0410 e. The van der Waals surface area contributed by atoms with E-state index in [1.807, 2.05) is 0 Å². The number of aryl methyl sites for hydroxylation is 3. The number of rotatable bonds is 3. The van der Waals surface area contributed by atoms with Gasteiger partial charge in [-0.05, 0) is 13.3 Å². The molecule has 0 bridgehead atoms. The predicted octanol–water partition coefficient (Wildman–Crippen LogP) is 8.74. The zero-order valence-corrected chi connectivity index (χ0v) is 24.9. The van der Waals surface area contributed by atoms with E-state index in [1.54, 1.807) is 0 Å². The molecule has 0 aromatic heterocycles. The minimum atomic E-state index is -1.78. The van der Waals surface area contributed by atoms with Crippen molar-refractivity contribution in [3.8, 4) is 0 Å². The van der Waals surface area contributed by atoms with Gasteiger partial charge in [0.1, 0.15) is 0 Å². The zero-order valence-electron chi connectivity index (χ0n) is 18.8. The summed E-state index contributed by atoms with van der Waals surface area (Å²) in [5, 5.41) is 2.77. The molecule has 0 fully saturated rings. The van der Waals surface area contributed by atoms with Crippen LogP contribution in [0.1, 0.15) is 47.6 Å². The molecule has 0 nitrogen and oxygen atoms in total. The van der Waals surface area contributed by atoms with Crippen LogP contribution in [-0.2, 0) is 30.5 Å². The van der Waals surface area contributed by atoms with Crippen LogP contribution in [0, 0.1) is 19.9 Å². The van der Waals surface area contributed by atoms with Gasteiger partial charge in [0.2, 0.25) is 0 Å². The Labute approximate surface area is 197 Å². The molecule has 0 unspecified atom stereocenters. The van der Waals surface area contributed by atoms with Crippen molar-refractivity contribution in [2.45, 2.75) is 59.5 Å². The minimum absolute atomic E-state index is 0.208. The van der Waals surface area contributed by atoms with Gasteiger partial charge in [0.15, 0.2) is 0 Å². The van der Waals surface area contributed by atoms with E-state index in [9.17, 15) is 0 Å². The third kappa shape index (κ3) is 7.86. The van der Waals surface area contributed by atoms with Crippen molar-refractivity contribution in [1.29, 1.82) is 0 Å². The molecule has 3 aromatic rings. The van der Waals surface area contributed by atoms with Crippen molar-refractivity contribution in [2.75, 3.05) is 0 Å². The number of allylic oxidation sites excluding steroid dienone is 1. The van der Waals surface area contributed by atoms with Crippen LogP contribution in [0.5, 0.6) is 0 Å². The fourth-order valence-electron chi connectivity index (χ4n) is 3.32. The number of hydrogen-bond acceptors (Lipinski definition) is 0. The van der Waals surface area contributed by atoms with Crippen LogP contribution in [0.25, 0.3) is 16.8 Å². The topological polar surface area (TPSA) is 0 Å². The van der Waals surface area contributed by atoms with Crippen molar-refractivity contribution in [2.24, 2.45) is 0 Å². The van der Waals surface area contributed by atoms with Gasteiger partial charge in [0.25, 0.3) is 0 Å². The number of hydrogen-bond donors (Lipinski definition) is 0. The van der Waals surface area contributed by atoms with Crippen molar-refractivity contribution >= 4 is 39.5 Å². The Morgan fingerprint density at radius 2 is 1.73 bits per heavy atom. The van der Waals surface area contributed by atoms with E-state index >= 15 is 0 Å². The SMILES string of the molecule is CCCCc1cc2ccccc2[cH-]1.C[Si](C)=[Hf]([Cl])[Cl].Cc1ccc(C)c2c1C=[C-]C2. The molecule has 1 aliphatic carbocycles. The standard InChI is InChI=1S/C13H15.C11H11.C2H6Si.2ClH.Hf/c1-2-3-6-11-9-12-7-4-5-8-13(12)10-11;1-8-6-7-9(2)11-5-3-4-10(8)11;1-3-2;;;/h4-5,7-10H,2-3,6H2,1H3;4,6-7H,5H2,1-2H3;1-2H3;2*1H;/q2*-1;;;;+2/p-2. The second-order valence-corrected chi connectivity index (χ2v) is 39.7. The molecule has 0 N–H and O–H groups in total. The van der Waals surface area contributed by atoms with E-state index in [-0.39, 0.29) is 5.49 Å². The van der Waals surface area contributed by atoms with Crippen LogP contribution >= 0.6 is 17.2 Å². The van der Waals surface area contributed by atoms with E-state index in [0.717, 1.165) is 6.42 Å². The van der Waals surface area contributed by atoms with Gasteiger partial charge >= 0.3 is 53.4 Å². The second-order valence-electron chi connectivity index (χ2n) is 7.97. The molecule has 30 heavy (non-hydrogen) atoms. The molecule has 4 heteroatoms. The number of halogens is 2. The van der Waals surface area contributed by atoms with E-state index in [0.29, 0.717) is 0 Å². The Balaban J connectivity index is 0.000000172. The molecule has 0 saturated carbocycles. The van der Waals surface area contributed by atoms with E-state index in [1.165, 1.54) is 57.9 Å². The summed E-state index contributed by atoms with van der Waals surface area (Å²) < 4.78 is 0. The maximum atomic E-state index is 5.64. The van der Waals surface area contributed by atoms with Gasteiger partial charge in [-0.15, -0.1) is 58.1 Å². The fraction of sp³-hybridized carbons (Fsp3) is 0.346. The quantitative estimate of drug-likeness (QED) is 0.203. The van der Waals surface area contributed by atoms with Crippen molar-refractivity contribution in [1.82, 2.24) is 0 Å². The van der Waals surface area contributed by atoms with Gasteiger partial charge in [-0.25, -0.2) is 6.08 Å². The molecule has 0 radical (unpaired) electrons. The summed E-state index contributed by atoms with van der Waals surface area (Å²) in [5.41, 5.74) is 6.90. The Morgan fingerprint density at radius 3 is 2.33 bits per heavy atom. The summed E-state index contributed by atoms with van der Waals surface area (Å²) in [6.45, 7) is 10.9. The average Bonchev–Trinajstić information content (AvgIpc) is 3.37. The van der Waals surface area contributed by atoms with E-state index < -0.39 is 17.7 Å². The minimum Gasteiger partial charge on any atom is -0.272 e. The van der Waals surface area contributed by atoms with Gasteiger partial charge in [-0.1, -0.05) is 50.5 Å². The summed E-state index contributed by atoms with van der Waals surface area (Å²) in [7, 11) is 11.3. The first-order chi connectivity index (χ1) is 14.3. The number of unbranched alkanes of at least 4 members (excludes halogenated alkanes) is 1. The van der Waals surface area contributed by atoms with Gasteiger partial charge in [0.05, 0.1) is 0 Å². The summed E-state index contributed by atoms with van der Waals surface area (Å²) in [4.78, 5) is 0. The van der Waals surface area contributed by atoms with Crippen molar-refractivity contribution < 1.29 is 17.7 Å². The van der Waals surface area contributed by atoms with Crippen LogP contribution in [0.3, 0.4) is 0 Å². The summed E-state index contributed by atoms with van der Waals surface area (Å²) in [5.74, 6) is 0. The van der Waals surface area contributed by atoms with E-state index in [2.05, 4.69) is 94.5 Å². The van der Waals surface area contributed by atoms with Gasteiger partial charge < -0.3 is 0 Å². The Bertz CT molecular complexity index is 980. The Morgan fingerprint density at radius 1 is 1.07 bits per heavy atom. The molecule has 0 saturated heterocycles. The Kier molecular flexibility index (Phi) is 11.2. The molecule has 4 rings (SSSR count). The third-order valence-electron chi connectivity index (χ3n) is 5.21. The molecule has 1 aliphatic rings. The average molecular weight is 622 g/mol. The van der Waals surface area contributed by atoms with Crippen LogP contribution in [0.4, 0.5) is 0 Å². The first-order valence-electron chi connectivity index (χ1n) is 10.6. The summed E-state index contributed by atoms with van der Waals surface area (Å²) in [6.07, 6.45) is 10.2. The van der Waals surface area contributed by atoms with Crippen LogP contribution in [0.2, 0.25) is 13.1 Å². The van der Waals surface area contributed by atoms with E-state index in [4.69, 9.17) is 17.2 Å². The second kappa shape index (κ2) is 13.1. The van der Waals surface area contributed by atoms with Crippen LogP contribution in [0.15, 0.2) is 48.5 Å². The summed E-state index contributed by atoms with van der Waals surface area (Å²) >= 11 is -1.78. The largest absolute Gasteiger partial charge is 0.272 e. The molecule has 3 aromatic carbocycles. The normalized spacial score (nSPS) is 11.3. The molecule has 0 heterocycles. The molecular weight excluding hydrogens is 590 g/mol. The number of benzene rings is 2. The number of fused-ring (bicyclic) bond motifs is 2. The fourth-order valence-corrected chi connectivity index (χ4v) is 3.32. The van der Waals surface area contributed by atoms with Crippen molar-refractivity contribution in [3.63, 3.8) is 0 Å². The maximum absolute atomic E-state index is 5.64.